The minimum absolute atomic E-state index is 0.210. The fraction of sp³-hybridized carbons (Fsp3) is 0.727. The second kappa shape index (κ2) is 4.78. The van der Waals surface area contributed by atoms with E-state index in [4.69, 9.17) is 0 Å². The fourth-order valence-electron chi connectivity index (χ4n) is 2.33. The van der Waals surface area contributed by atoms with Gasteiger partial charge in [-0.15, -0.1) is 0 Å². The van der Waals surface area contributed by atoms with Crippen molar-refractivity contribution >= 4 is 9.84 Å². The quantitative estimate of drug-likeness (QED) is 0.872. The maximum absolute atomic E-state index is 11.3. The van der Waals surface area contributed by atoms with Gasteiger partial charge in [0, 0.05) is 19.0 Å². The lowest BCUT2D eigenvalue weighted by molar-refractivity contribution is 0.0941. The van der Waals surface area contributed by atoms with Crippen molar-refractivity contribution in [1.82, 2.24) is 9.78 Å². The van der Waals surface area contributed by atoms with Crippen molar-refractivity contribution in [3.05, 3.63) is 12.4 Å². The Labute approximate surface area is 101 Å². The average molecular weight is 258 g/mol. The Morgan fingerprint density at radius 2 is 2.29 bits per heavy atom. The van der Waals surface area contributed by atoms with E-state index in [1.54, 1.807) is 10.9 Å². The van der Waals surface area contributed by atoms with Crippen molar-refractivity contribution in [2.24, 2.45) is 5.92 Å². The zero-order valence-corrected chi connectivity index (χ0v) is 10.7. The minimum Gasteiger partial charge on any atom is -0.393 e. The summed E-state index contributed by atoms with van der Waals surface area (Å²) in [6, 6.07) is 0. The number of aliphatic hydroxyl groups is 1. The summed E-state index contributed by atoms with van der Waals surface area (Å²) in [7, 11) is -3.17. The highest BCUT2D eigenvalue weighted by atomic mass is 32.2. The Morgan fingerprint density at radius 3 is 2.88 bits per heavy atom. The molecule has 96 valence electrons. The van der Waals surface area contributed by atoms with Crippen LogP contribution in [-0.2, 0) is 16.4 Å². The molecule has 0 amide bonds. The van der Waals surface area contributed by atoms with Gasteiger partial charge < -0.3 is 5.11 Å². The van der Waals surface area contributed by atoms with Gasteiger partial charge in [0.2, 0.25) is 0 Å². The lowest BCUT2D eigenvalue weighted by atomic mass is 9.87. The Kier molecular flexibility index (Phi) is 3.53. The molecule has 1 fully saturated rings. The number of aliphatic hydroxyl groups excluding tert-OH is 1. The van der Waals surface area contributed by atoms with Gasteiger partial charge in [-0.05, 0) is 25.2 Å². The fourth-order valence-corrected chi connectivity index (χ4v) is 2.88. The lowest BCUT2D eigenvalue weighted by Crippen LogP contribution is -2.23. The van der Waals surface area contributed by atoms with E-state index in [-0.39, 0.29) is 11.0 Å². The van der Waals surface area contributed by atoms with Gasteiger partial charge in [-0.25, -0.2) is 8.42 Å². The molecule has 1 aliphatic rings. The minimum atomic E-state index is -3.17. The van der Waals surface area contributed by atoms with Crippen molar-refractivity contribution < 1.29 is 13.5 Å². The molecule has 1 aromatic rings. The topological polar surface area (TPSA) is 72.2 Å². The molecular formula is C11H18N2O3S. The van der Waals surface area contributed by atoms with E-state index < -0.39 is 9.84 Å². The summed E-state index contributed by atoms with van der Waals surface area (Å²) in [6.07, 6.45) is 7.69. The van der Waals surface area contributed by atoms with Crippen LogP contribution in [0.2, 0.25) is 0 Å². The predicted octanol–water partition coefficient (Wildman–Crippen LogP) is 0.838. The second-order valence-corrected chi connectivity index (χ2v) is 6.87. The third-order valence-electron chi connectivity index (χ3n) is 3.24. The molecule has 1 saturated carbocycles. The molecule has 0 spiro atoms. The van der Waals surface area contributed by atoms with Gasteiger partial charge in [-0.3, -0.25) is 4.68 Å². The van der Waals surface area contributed by atoms with Gasteiger partial charge in [0.25, 0.3) is 0 Å². The summed E-state index contributed by atoms with van der Waals surface area (Å²) in [5.41, 5.74) is 0. The van der Waals surface area contributed by atoms with Crippen molar-refractivity contribution in [3.8, 4) is 0 Å². The third kappa shape index (κ3) is 3.29. The molecule has 0 aromatic carbocycles. The lowest BCUT2D eigenvalue weighted by Gasteiger charge is -2.25. The van der Waals surface area contributed by atoms with Crippen LogP contribution in [0.3, 0.4) is 0 Å². The number of sulfone groups is 1. The van der Waals surface area contributed by atoms with E-state index in [0.29, 0.717) is 12.5 Å². The van der Waals surface area contributed by atoms with Crippen molar-refractivity contribution in [3.63, 3.8) is 0 Å². The summed E-state index contributed by atoms with van der Waals surface area (Å²) in [6.45, 7) is 0.687. The zero-order chi connectivity index (χ0) is 12.5. The standard InChI is InChI=1S/C11H18N2O3S/c1-17(15,16)11-6-12-13(8-11)7-9-3-2-4-10(14)5-9/h6,8-10,14H,2-5,7H2,1H3. The molecule has 2 rings (SSSR count). The highest BCUT2D eigenvalue weighted by Gasteiger charge is 2.21. The molecule has 2 unspecified atom stereocenters. The summed E-state index contributed by atoms with van der Waals surface area (Å²) in [5.74, 6) is 0.395. The summed E-state index contributed by atoms with van der Waals surface area (Å²) >= 11 is 0. The maximum atomic E-state index is 11.3. The van der Waals surface area contributed by atoms with E-state index in [2.05, 4.69) is 5.10 Å². The first kappa shape index (κ1) is 12.6. The highest BCUT2D eigenvalue weighted by molar-refractivity contribution is 7.90. The van der Waals surface area contributed by atoms with Crippen LogP contribution in [0.25, 0.3) is 0 Å². The van der Waals surface area contributed by atoms with E-state index in [1.165, 1.54) is 12.5 Å². The molecule has 1 heterocycles. The number of hydrogen-bond acceptors (Lipinski definition) is 4. The van der Waals surface area contributed by atoms with Gasteiger partial charge in [0.15, 0.2) is 9.84 Å². The molecule has 17 heavy (non-hydrogen) atoms. The molecule has 2 atom stereocenters. The Hall–Kier alpha value is -0.880. The molecule has 1 N–H and O–H groups in total. The zero-order valence-electron chi connectivity index (χ0n) is 9.91. The molecule has 1 aliphatic carbocycles. The normalized spacial score (nSPS) is 26.0. The predicted molar refractivity (Wildman–Crippen MR) is 63.3 cm³/mol. The average Bonchev–Trinajstić information content (AvgIpc) is 2.65. The van der Waals surface area contributed by atoms with Crippen molar-refractivity contribution in [1.29, 1.82) is 0 Å². The van der Waals surface area contributed by atoms with Crippen LogP contribution in [0.5, 0.6) is 0 Å². The van der Waals surface area contributed by atoms with Gasteiger partial charge in [0.05, 0.1) is 12.3 Å². The first-order valence-corrected chi connectivity index (χ1v) is 7.75. The largest absolute Gasteiger partial charge is 0.393 e. The summed E-state index contributed by atoms with van der Waals surface area (Å²) in [4.78, 5) is 0.258. The first-order valence-electron chi connectivity index (χ1n) is 5.86. The number of nitrogens with zero attached hydrogens (tertiary/aromatic N) is 2. The van der Waals surface area contributed by atoms with Gasteiger partial charge >= 0.3 is 0 Å². The van der Waals surface area contributed by atoms with Crippen LogP contribution in [0, 0.1) is 5.92 Å². The van der Waals surface area contributed by atoms with E-state index in [1.807, 2.05) is 0 Å². The summed E-state index contributed by atoms with van der Waals surface area (Å²) < 4.78 is 24.3. The highest BCUT2D eigenvalue weighted by Crippen LogP contribution is 2.25. The van der Waals surface area contributed by atoms with Crippen LogP contribution >= 0.6 is 0 Å². The molecule has 6 heteroatoms. The van der Waals surface area contributed by atoms with Gasteiger partial charge in [-0.1, -0.05) is 6.42 Å². The molecule has 0 bridgehead atoms. The SMILES string of the molecule is CS(=O)(=O)c1cnn(CC2CCCC(O)C2)c1. The smallest absolute Gasteiger partial charge is 0.178 e. The van der Waals surface area contributed by atoms with Crippen LogP contribution in [0.15, 0.2) is 17.3 Å². The Balaban J connectivity index is 2.02. The molecule has 0 radical (unpaired) electrons. The monoisotopic (exact) mass is 258 g/mol. The van der Waals surface area contributed by atoms with Gasteiger partial charge in [0.1, 0.15) is 4.90 Å². The second-order valence-electron chi connectivity index (χ2n) is 4.86. The maximum Gasteiger partial charge on any atom is 0.178 e. The molecule has 5 nitrogen and oxygen atoms in total. The van der Waals surface area contributed by atoms with Crippen LogP contribution in [0.4, 0.5) is 0 Å². The van der Waals surface area contributed by atoms with Crippen LogP contribution in [0.1, 0.15) is 25.7 Å². The Bertz CT molecular complexity index is 481. The molecule has 0 saturated heterocycles. The number of aromatic nitrogens is 2. The molecular weight excluding hydrogens is 240 g/mol. The Morgan fingerprint density at radius 1 is 1.53 bits per heavy atom. The summed E-state index contributed by atoms with van der Waals surface area (Å²) in [5, 5.41) is 13.6. The first-order chi connectivity index (χ1) is 7.95. The number of hydrogen-bond donors (Lipinski definition) is 1. The van der Waals surface area contributed by atoms with Crippen LogP contribution < -0.4 is 0 Å². The van der Waals surface area contributed by atoms with Crippen LogP contribution in [-0.4, -0.2) is 35.7 Å². The van der Waals surface area contributed by atoms with Crippen molar-refractivity contribution in [2.75, 3.05) is 6.26 Å². The van der Waals surface area contributed by atoms with E-state index in [9.17, 15) is 13.5 Å². The third-order valence-corrected chi connectivity index (χ3v) is 4.31. The molecule has 1 aromatic heterocycles. The molecule has 0 aliphatic heterocycles. The number of rotatable bonds is 3. The van der Waals surface area contributed by atoms with Crippen molar-refractivity contribution in [2.45, 2.75) is 43.2 Å². The van der Waals surface area contributed by atoms with E-state index in [0.717, 1.165) is 25.7 Å². The van der Waals surface area contributed by atoms with Gasteiger partial charge in [-0.2, -0.15) is 5.10 Å². The van der Waals surface area contributed by atoms with E-state index >= 15 is 0 Å².